The Morgan fingerprint density at radius 3 is 2.69 bits per heavy atom. The minimum absolute atomic E-state index is 0.213. The first-order valence-corrected chi connectivity index (χ1v) is 4.05. The van der Waals surface area contributed by atoms with Crippen molar-refractivity contribution in [1.29, 1.82) is 0 Å². The van der Waals surface area contributed by atoms with E-state index in [2.05, 4.69) is 5.10 Å². The minimum atomic E-state index is -0.913. The van der Waals surface area contributed by atoms with Crippen molar-refractivity contribution in [1.82, 2.24) is 9.78 Å². The van der Waals surface area contributed by atoms with E-state index in [9.17, 15) is 9.59 Å². The number of carboxylic acids is 1. The molecular weight excluding hydrogens is 172 g/mol. The van der Waals surface area contributed by atoms with Crippen molar-refractivity contribution in [2.24, 2.45) is 7.05 Å². The van der Waals surface area contributed by atoms with Crippen LogP contribution >= 0.6 is 0 Å². The maximum atomic E-state index is 11.0. The van der Waals surface area contributed by atoms with Gasteiger partial charge < -0.3 is 5.11 Å². The summed E-state index contributed by atoms with van der Waals surface area (Å²) < 4.78 is 1.26. The van der Waals surface area contributed by atoms with Crippen molar-refractivity contribution >= 4 is 5.97 Å². The second kappa shape index (κ2) is 3.47. The van der Waals surface area contributed by atoms with Gasteiger partial charge in [-0.3, -0.25) is 19.4 Å². The van der Waals surface area contributed by atoms with Crippen LogP contribution in [0, 0.1) is 0 Å². The predicted octanol–water partition coefficient (Wildman–Crippen LogP) is 0.292. The summed E-state index contributed by atoms with van der Waals surface area (Å²) in [6, 6.07) is 1.32. The number of carboxylic acid groups (broad SMARTS) is 1. The van der Waals surface area contributed by atoms with E-state index in [0.717, 1.165) is 0 Å². The number of carbonyl (C=O) groups is 1. The van der Waals surface area contributed by atoms with Crippen LogP contribution in [0.25, 0.3) is 0 Å². The van der Waals surface area contributed by atoms with E-state index in [1.807, 2.05) is 0 Å². The van der Waals surface area contributed by atoms with Gasteiger partial charge in [0.15, 0.2) is 0 Å². The van der Waals surface area contributed by atoms with Gasteiger partial charge in [-0.05, 0) is 6.42 Å². The van der Waals surface area contributed by atoms with E-state index < -0.39 is 11.9 Å². The van der Waals surface area contributed by atoms with Gasteiger partial charge in [0.2, 0.25) is 0 Å². The number of aliphatic carboxylic acids is 1. The molecule has 0 amide bonds. The van der Waals surface area contributed by atoms with Crippen LogP contribution in [0.15, 0.2) is 10.9 Å². The highest BCUT2D eigenvalue weighted by Crippen LogP contribution is 2.15. The molecule has 0 radical (unpaired) electrons. The number of aromatic amines is 1. The number of rotatable bonds is 3. The summed E-state index contributed by atoms with van der Waals surface area (Å²) in [5.41, 5.74) is 0.247. The lowest BCUT2D eigenvalue weighted by Gasteiger charge is -2.05. The lowest BCUT2D eigenvalue weighted by molar-refractivity contribution is -0.138. The molecule has 0 aromatic carbocycles. The Bertz CT molecular complexity index is 364. The second-order valence-corrected chi connectivity index (χ2v) is 2.91. The number of aromatic nitrogens is 2. The molecule has 0 spiro atoms. The van der Waals surface area contributed by atoms with E-state index in [-0.39, 0.29) is 5.56 Å². The molecule has 0 saturated carbocycles. The van der Waals surface area contributed by atoms with Crippen molar-refractivity contribution in [2.45, 2.75) is 19.3 Å². The van der Waals surface area contributed by atoms with Gasteiger partial charge in [0.25, 0.3) is 5.56 Å². The molecule has 0 bridgehead atoms. The molecule has 1 atom stereocenters. The zero-order chi connectivity index (χ0) is 10.0. The standard InChI is InChI=1S/C8H12N2O3/c1-3-5(8(12)13)6-4-7(11)10(2)9-6/h4-5,9H,3H2,1-2H3,(H,12,13). The third-order valence-electron chi connectivity index (χ3n) is 1.99. The molecule has 72 valence electrons. The summed E-state index contributed by atoms with van der Waals surface area (Å²) in [5.74, 6) is -1.53. The van der Waals surface area contributed by atoms with E-state index in [1.165, 1.54) is 10.7 Å². The SMILES string of the molecule is CCC(C(=O)O)c1cc(=O)n(C)[nH]1. The first-order valence-electron chi connectivity index (χ1n) is 4.05. The molecular formula is C8H12N2O3. The predicted molar refractivity (Wildman–Crippen MR) is 46.7 cm³/mol. The molecule has 1 unspecified atom stereocenters. The average Bonchev–Trinajstić information content (AvgIpc) is 2.32. The van der Waals surface area contributed by atoms with Gasteiger partial charge in [0.1, 0.15) is 0 Å². The van der Waals surface area contributed by atoms with Gasteiger partial charge in [-0.2, -0.15) is 0 Å². The molecule has 5 nitrogen and oxygen atoms in total. The number of hydrogen-bond acceptors (Lipinski definition) is 2. The summed E-state index contributed by atoms with van der Waals surface area (Å²) in [6.45, 7) is 1.77. The highest BCUT2D eigenvalue weighted by molar-refractivity contribution is 5.75. The van der Waals surface area contributed by atoms with Crippen LogP contribution < -0.4 is 5.56 Å². The first-order chi connectivity index (χ1) is 6.06. The largest absolute Gasteiger partial charge is 0.481 e. The summed E-state index contributed by atoms with van der Waals surface area (Å²) in [7, 11) is 1.56. The maximum absolute atomic E-state index is 11.0. The first kappa shape index (κ1) is 9.57. The Balaban J connectivity index is 3.05. The second-order valence-electron chi connectivity index (χ2n) is 2.91. The van der Waals surface area contributed by atoms with E-state index in [1.54, 1.807) is 14.0 Å². The quantitative estimate of drug-likeness (QED) is 0.709. The maximum Gasteiger partial charge on any atom is 0.312 e. The fourth-order valence-corrected chi connectivity index (χ4v) is 1.22. The molecule has 13 heavy (non-hydrogen) atoms. The van der Waals surface area contributed by atoms with E-state index >= 15 is 0 Å². The number of H-pyrrole nitrogens is 1. The van der Waals surface area contributed by atoms with Crippen LogP contribution in [-0.2, 0) is 11.8 Å². The summed E-state index contributed by atoms with van der Waals surface area (Å²) >= 11 is 0. The smallest absolute Gasteiger partial charge is 0.312 e. The van der Waals surface area contributed by atoms with Crippen molar-refractivity contribution in [2.75, 3.05) is 0 Å². The van der Waals surface area contributed by atoms with Gasteiger partial charge in [-0.25, -0.2) is 0 Å². The van der Waals surface area contributed by atoms with Crippen molar-refractivity contribution in [3.05, 3.63) is 22.1 Å². The Labute approximate surface area is 75.0 Å². The normalized spacial score (nSPS) is 12.8. The van der Waals surface area contributed by atoms with Gasteiger partial charge >= 0.3 is 5.97 Å². The third-order valence-corrected chi connectivity index (χ3v) is 1.99. The Morgan fingerprint density at radius 2 is 2.38 bits per heavy atom. The monoisotopic (exact) mass is 184 g/mol. The fourth-order valence-electron chi connectivity index (χ4n) is 1.22. The van der Waals surface area contributed by atoms with Crippen LogP contribution in [0.4, 0.5) is 0 Å². The summed E-state index contributed by atoms with van der Waals surface area (Å²) in [4.78, 5) is 21.7. The number of nitrogens with one attached hydrogen (secondary N) is 1. The van der Waals surface area contributed by atoms with Crippen molar-refractivity contribution < 1.29 is 9.90 Å². The molecule has 0 aliphatic carbocycles. The average molecular weight is 184 g/mol. The van der Waals surface area contributed by atoms with Gasteiger partial charge in [0.05, 0.1) is 11.6 Å². The molecule has 1 rings (SSSR count). The molecule has 0 aliphatic rings. The van der Waals surface area contributed by atoms with E-state index in [4.69, 9.17) is 5.11 Å². The van der Waals surface area contributed by atoms with E-state index in [0.29, 0.717) is 12.1 Å². The highest BCUT2D eigenvalue weighted by Gasteiger charge is 2.19. The lowest BCUT2D eigenvalue weighted by Crippen LogP contribution is -2.11. The van der Waals surface area contributed by atoms with Crippen molar-refractivity contribution in [3.63, 3.8) is 0 Å². The van der Waals surface area contributed by atoms with Crippen LogP contribution in [0.3, 0.4) is 0 Å². The topological polar surface area (TPSA) is 75.1 Å². The lowest BCUT2D eigenvalue weighted by atomic mass is 10.0. The summed E-state index contributed by atoms with van der Waals surface area (Å²) in [5, 5.41) is 11.5. The number of hydrogen-bond donors (Lipinski definition) is 2. The van der Waals surface area contributed by atoms with Crippen LogP contribution in [0.5, 0.6) is 0 Å². The summed E-state index contributed by atoms with van der Waals surface area (Å²) in [6.07, 6.45) is 0.468. The van der Waals surface area contributed by atoms with Gasteiger partial charge in [-0.1, -0.05) is 6.92 Å². The number of nitrogens with zero attached hydrogens (tertiary/aromatic N) is 1. The van der Waals surface area contributed by atoms with Crippen LogP contribution in [-0.4, -0.2) is 20.9 Å². The third kappa shape index (κ3) is 1.80. The number of aryl methyl sites for hydroxylation is 1. The van der Waals surface area contributed by atoms with Crippen LogP contribution in [0.1, 0.15) is 25.0 Å². The Hall–Kier alpha value is -1.52. The van der Waals surface area contributed by atoms with Crippen LogP contribution in [0.2, 0.25) is 0 Å². The minimum Gasteiger partial charge on any atom is -0.481 e. The molecule has 1 aromatic rings. The molecule has 5 heteroatoms. The molecule has 0 aliphatic heterocycles. The molecule has 1 aromatic heterocycles. The molecule has 2 N–H and O–H groups in total. The zero-order valence-electron chi connectivity index (χ0n) is 7.57. The van der Waals surface area contributed by atoms with Gasteiger partial charge in [0, 0.05) is 13.1 Å². The molecule has 0 fully saturated rings. The highest BCUT2D eigenvalue weighted by atomic mass is 16.4. The zero-order valence-corrected chi connectivity index (χ0v) is 7.57. The Kier molecular flexibility index (Phi) is 2.55. The van der Waals surface area contributed by atoms with Gasteiger partial charge in [-0.15, -0.1) is 0 Å². The molecule has 1 heterocycles. The Morgan fingerprint density at radius 1 is 1.77 bits per heavy atom. The van der Waals surface area contributed by atoms with Crippen molar-refractivity contribution in [3.8, 4) is 0 Å². The molecule has 0 saturated heterocycles. The fraction of sp³-hybridized carbons (Fsp3) is 0.500.